The van der Waals surface area contributed by atoms with Crippen LogP contribution in [0.2, 0.25) is 5.02 Å². The van der Waals surface area contributed by atoms with Crippen LogP contribution in [0, 0.1) is 0 Å². The summed E-state index contributed by atoms with van der Waals surface area (Å²) in [6.45, 7) is 4.23. The molecule has 0 radical (unpaired) electrons. The molecule has 0 unspecified atom stereocenters. The quantitative estimate of drug-likeness (QED) is 0.395. The molecule has 0 atom stereocenters. The van der Waals surface area contributed by atoms with E-state index in [1.807, 2.05) is 12.1 Å². The van der Waals surface area contributed by atoms with Gasteiger partial charge in [-0.25, -0.2) is 0 Å². The molecular weight excluding hydrogens is 394 g/mol. The number of nitrogens with two attached hydrogens (primary N) is 1. The van der Waals surface area contributed by atoms with Crippen LogP contribution in [-0.2, 0) is 0 Å². The number of thiocarbonyl (C=S) groups is 1. The number of rotatable bonds is 2. The summed E-state index contributed by atoms with van der Waals surface area (Å²) in [5.41, 5.74) is 13.2. The first-order chi connectivity index (χ1) is 13.6. The first kappa shape index (κ1) is 18.8. The summed E-state index contributed by atoms with van der Waals surface area (Å²) < 4.78 is 0. The second-order valence-corrected chi connectivity index (χ2v) is 7.53. The van der Waals surface area contributed by atoms with Crippen LogP contribution in [0.5, 0.6) is 0 Å². The van der Waals surface area contributed by atoms with E-state index in [0.717, 1.165) is 61.9 Å². The largest absolute Gasteiger partial charge is 0.399 e. The number of hydrazone groups is 1. The van der Waals surface area contributed by atoms with Crippen molar-refractivity contribution in [3.05, 3.63) is 47.2 Å². The Morgan fingerprint density at radius 3 is 2.68 bits per heavy atom. The molecule has 0 aliphatic carbocycles. The zero-order valence-electron chi connectivity index (χ0n) is 15.4. The van der Waals surface area contributed by atoms with Crippen molar-refractivity contribution in [2.75, 3.05) is 48.7 Å². The molecule has 9 heteroatoms. The summed E-state index contributed by atoms with van der Waals surface area (Å²) in [5.74, 6) is 0. The Morgan fingerprint density at radius 1 is 1.18 bits per heavy atom. The Kier molecular flexibility index (Phi) is 5.50. The van der Waals surface area contributed by atoms with Gasteiger partial charge in [-0.1, -0.05) is 11.6 Å². The van der Waals surface area contributed by atoms with Gasteiger partial charge in [-0.3, -0.25) is 10.4 Å². The van der Waals surface area contributed by atoms with E-state index in [1.165, 1.54) is 5.69 Å². The maximum Gasteiger partial charge on any atom is 0.189 e. The minimum absolute atomic E-state index is 0.631. The van der Waals surface area contributed by atoms with Crippen molar-refractivity contribution >= 4 is 51.7 Å². The van der Waals surface area contributed by atoms with E-state index in [4.69, 9.17) is 29.6 Å². The number of nitrogens with zero attached hydrogens (tertiary/aromatic N) is 4. The van der Waals surface area contributed by atoms with Crippen molar-refractivity contribution in [1.82, 2.24) is 15.3 Å². The van der Waals surface area contributed by atoms with Crippen molar-refractivity contribution in [3.8, 4) is 0 Å². The molecule has 0 spiro atoms. The van der Waals surface area contributed by atoms with E-state index in [9.17, 15) is 0 Å². The lowest BCUT2D eigenvalue weighted by Crippen LogP contribution is -2.51. The van der Waals surface area contributed by atoms with Crippen molar-refractivity contribution in [2.24, 2.45) is 5.10 Å². The lowest BCUT2D eigenvalue weighted by Gasteiger charge is -2.37. The molecule has 4 rings (SSSR count). The molecule has 1 aromatic heterocycles. The maximum absolute atomic E-state index is 6.24. The fraction of sp³-hybridized carbons (Fsp3) is 0.316. The van der Waals surface area contributed by atoms with Crippen molar-refractivity contribution in [2.45, 2.75) is 6.42 Å². The van der Waals surface area contributed by atoms with Crippen molar-refractivity contribution in [1.29, 1.82) is 0 Å². The monoisotopic (exact) mass is 415 g/mol. The van der Waals surface area contributed by atoms with Crippen LogP contribution in [0.4, 0.5) is 17.1 Å². The van der Waals surface area contributed by atoms with Crippen LogP contribution in [0.15, 0.2) is 41.6 Å². The molecule has 0 amide bonds. The Morgan fingerprint density at radius 2 is 1.93 bits per heavy atom. The highest BCUT2D eigenvalue weighted by atomic mass is 35.5. The smallest absolute Gasteiger partial charge is 0.189 e. The molecule has 28 heavy (non-hydrogen) atoms. The number of hydrogen-bond donors (Lipinski definition) is 3. The van der Waals surface area contributed by atoms with E-state index in [-0.39, 0.29) is 0 Å². The predicted octanol–water partition coefficient (Wildman–Crippen LogP) is 2.53. The van der Waals surface area contributed by atoms with Gasteiger partial charge in [0.05, 0.1) is 16.4 Å². The molecule has 2 aromatic rings. The number of fused-ring (bicyclic) bond motifs is 1. The minimum atomic E-state index is 0.631. The zero-order chi connectivity index (χ0) is 19.5. The molecule has 0 bridgehead atoms. The first-order valence-corrected chi connectivity index (χ1v) is 10.0. The van der Waals surface area contributed by atoms with Gasteiger partial charge in [0, 0.05) is 56.7 Å². The minimum Gasteiger partial charge on any atom is -0.399 e. The van der Waals surface area contributed by atoms with Crippen LogP contribution < -0.4 is 21.4 Å². The summed E-state index contributed by atoms with van der Waals surface area (Å²) in [5, 5.41) is 9.08. The number of halogens is 1. The Hall–Kier alpha value is -2.58. The molecule has 146 valence electrons. The van der Waals surface area contributed by atoms with E-state index in [1.54, 1.807) is 12.3 Å². The van der Waals surface area contributed by atoms with Gasteiger partial charge in [-0.15, -0.1) is 0 Å². The standard InChI is InChI=1S/C19H22ClN7S/c20-15-5-7-23-18-16(6-8-22-17(15)18)24-25-19(28)27-11-9-26(10-12-27)14-3-1-13(21)2-4-14/h1-5,7,22H,6,8-12,21H2,(H,25,28)/b24-16-. The van der Waals surface area contributed by atoms with Gasteiger partial charge in [0.25, 0.3) is 0 Å². The van der Waals surface area contributed by atoms with Gasteiger partial charge in [0.1, 0.15) is 5.69 Å². The summed E-state index contributed by atoms with van der Waals surface area (Å²) in [6, 6.07) is 9.75. The van der Waals surface area contributed by atoms with Crippen LogP contribution >= 0.6 is 23.8 Å². The Labute approximate surface area is 174 Å². The number of nitrogens with one attached hydrogen (secondary N) is 2. The third kappa shape index (κ3) is 3.98. The maximum atomic E-state index is 6.24. The summed E-state index contributed by atoms with van der Waals surface area (Å²) in [4.78, 5) is 8.88. The van der Waals surface area contributed by atoms with Gasteiger partial charge < -0.3 is 20.9 Å². The molecular formula is C19H22ClN7S. The molecule has 4 N–H and O–H groups in total. The molecule has 0 saturated carbocycles. The number of aromatic nitrogens is 1. The lowest BCUT2D eigenvalue weighted by molar-refractivity contribution is 0.381. The highest BCUT2D eigenvalue weighted by Crippen LogP contribution is 2.28. The molecule has 3 heterocycles. The van der Waals surface area contributed by atoms with Crippen molar-refractivity contribution in [3.63, 3.8) is 0 Å². The van der Waals surface area contributed by atoms with E-state index >= 15 is 0 Å². The summed E-state index contributed by atoms with van der Waals surface area (Å²) >= 11 is 11.8. The average molecular weight is 416 g/mol. The molecule has 7 nitrogen and oxygen atoms in total. The molecule has 1 fully saturated rings. The number of pyridine rings is 1. The van der Waals surface area contributed by atoms with Crippen LogP contribution in [-0.4, -0.2) is 53.4 Å². The van der Waals surface area contributed by atoms with Crippen molar-refractivity contribution < 1.29 is 0 Å². The third-order valence-electron chi connectivity index (χ3n) is 4.95. The molecule has 2 aliphatic rings. The SMILES string of the molecule is Nc1ccc(N2CCN(C(=S)N/N=C3/CCNc4c(Cl)ccnc43)CC2)cc1. The second-order valence-electron chi connectivity index (χ2n) is 6.73. The number of anilines is 3. The van der Waals surface area contributed by atoms with E-state index in [2.05, 4.69) is 42.8 Å². The number of hydrogen-bond acceptors (Lipinski definition) is 6. The molecule has 1 aromatic carbocycles. The second kappa shape index (κ2) is 8.20. The van der Waals surface area contributed by atoms with Gasteiger partial charge >= 0.3 is 0 Å². The number of benzene rings is 1. The molecule has 2 aliphatic heterocycles. The summed E-state index contributed by atoms with van der Waals surface area (Å²) in [6.07, 6.45) is 2.46. The van der Waals surface area contributed by atoms with Gasteiger partial charge in [-0.05, 0) is 42.5 Å². The number of nitrogen functional groups attached to an aromatic ring is 1. The average Bonchev–Trinajstić information content (AvgIpc) is 2.73. The van der Waals surface area contributed by atoms with E-state index < -0.39 is 0 Å². The lowest BCUT2D eigenvalue weighted by atomic mass is 10.1. The fourth-order valence-electron chi connectivity index (χ4n) is 3.40. The Bertz CT molecular complexity index is 892. The number of piperazine rings is 1. The van der Waals surface area contributed by atoms with Gasteiger partial charge in [-0.2, -0.15) is 5.10 Å². The highest BCUT2D eigenvalue weighted by Gasteiger charge is 2.21. The Balaban J connectivity index is 1.36. The van der Waals surface area contributed by atoms with Gasteiger partial charge in [0.2, 0.25) is 0 Å². The normalized spacial score (nSPS) is 17.8. The van der Waals surface area contributed by atoms with E-state index in [0.29, 0.717) is 10.1 Å². The fourth-order valence-corrected chi connectivity index (χ4v) is 3.84. The van der Waals surface area contributed by atoms with Crippen LogP contribution in [0.25, 0.3) is 0 Å². The first-order valence-electron chi connectivity index (χ1n) is 9.22. The van der Waals surface area contributed by atoms with Gasteiger partial charge in [0.15, 0.2) is 5.11 Å². The third-order valence-corrected chi connectivity index (χ3v) is 5.61. The zero-order valence-corrected chi connectivity index (χ0v) is 16.9. The summed E-state index contributed by atoms with van der Waals surface area (Å²) in [7, 11) is 0. The van der Waals surface area contributed by atoms with Crippen LogP contribution in [0.1, 0.15) is 12.1 Å². The predicted molar refractivity (Wildman–Crippen MR) is 119 cm³/mol. The van der Waals surface area contributed by atoms with Crippen LogP contribution in [0.3, 0.4) is 0 Å². The molecule has 1 saturated heterocycles. The topological polar surface area (TPSA) is 81.8 Å². The highest BCUT2D eigenvalue weighted by molar-refractivity contribution is 7.80.